The molecule has 0 fully saturated rings. The van der Waals surface area contributed by atoms with E-state index in [0.29, 0.717) is 0 Å². The van der Waals surface area contributed by atoms with E-state index in [4.69, 9.17) is 4.74 Å². The molecule has 1 aromatic carbocycles. The molecule has 0 spiro atoms. The van der Waals surface area contributed by atoms with Crippen molar-refractivity contribution in [2.24, 2.45) is 0 Å². The standard InChI is InChI=1S/C13H14BrNOS/c1-9(13-12(14)7-8-17-13)15-10-3-5-11(16-2)6-4-10/h3-9,15H,1-2H3. The minimum absolute atomic E-state index is 0.290. The summed E-state index contributed by atoms with van der Waals surface area (Å²) in [7, 11) is 1.67. The van der Waals surface area contributed by atoms with Crippen LogP contribution in [0.3, 0.4) is 0 Å². The van der Waals surface area contributed by atoms with Gasteiger partial charge in [-0.25, -0.2) is 0 Å². The Balaban J connectivity index is 2.07. The molecule has 2 aromatic rings. The molecule has 1 atom stereocenters. The number of anilines is 1. The Morgan fingerprint density at radius 3 is 2.47 bits per heavy atom. The molecule has 0 bridgehead atoms. The Labute approximate surface area is 114 Å². The molecule has 0 aliphatic heterocycles. The number of thiophene rings is 1. The Morgan fingerprint density at radius 1 is 1.24 bits per heavy atom. The predicted molar refractivity (Wildman–Crippen MR) is 77.1 cm³/mol. The first-order valence-corrected chi connectivity index (χ1v) is 7.01. The van der Waals surface area contributed by atoms with Crippen LogP contribution in [0.1, 0.15) is 17.8 Å². The number of rotatable bonds is 4. The van der Waals surface area contributed by atoms with Crippen LogP contribution in [0.25, 0.3) is 0 Å². The third-order valence-corrected chi connectivity index (χ3v) is 4.56. The van der Waals surface area contributed by atoms with Gasteiger partial charge < -0.3 is 10.1 Å². The van der Waals surface area contributed by atoms with Gasteiger partial charge >= 0.3 is 0 Å². The van der Waals surface area contributed by atoms with E-state index in [2.05, 4.69) is 39.6 Å². The molecule has 2 rings (SSSR count). The summed E-state index contributed by atoms with van der Waals surface area (Å²) >= 11 is 5.30. The molecule has 0 aliphatic rings. The third-order valence-electron chi connectivity index (χ3n) is 2.51. The number of ether oxygens (including phenoxy) is 1. The highest BCUT2D eigenvalue weighted by atomic mass is 79.9. The molecule has 1 unspecified atom stereocenters. The van der Waals surface area contributed by atoms with Gasteiger partial charge in [-0.15, -0.1) is 11.3 Å². The molecule has 0 amide bonds. The van der Waals surface area contributed by atoms with Gasteiger partial charge in [0.2, 0.25) is 0 Å². The summed E-state index contributed by atoms with van der Waals surface area (Å²) in [5.41, 5.74) is 1.10. The van der Waals surface area contributed by atoms with Crippen LogP contribution in [-0.2, 0) is 0 Å². The lowest BCUT2D eigenvalue weighted by atomic mass is 10.2. The first-order valence-electron chi connectivity index (χ1n) is 5.34. The summed E-state index contributed by atoms with van der Waals surface area (Å²) in [6.07, 6.45) is 0. The third kappa shape index (κ3) is 3.01. The molecular formula is C13H14BrNOS. The molecule has 0 saturated carbocycles. The lowest BCUT2D eigenvalue weighted by Crippen LogP contribution is -2.05. The second kappa shape index (κ2) is 5.56. The Kier molecular flexibility index (Phi) is 4.07. The monoisotopic (exact) mass is 311 g/mol. The Morgan fingerprint density at radius 2 is 1.94 bits per heavy atom. The molecule has 1 heterocycles. The fourth-order valence-corrected chi connectivity index (χ4v) is 3.34. The molecule has 90 valence electrons. The lowest BCUT2D eigenvalue weighted by Gasteiger charge is -2.14. The quantitative estimate of drug-likeness (QED) is 0.884. The second-order valence-corrected chi connectivity index (χ2v) is 5.53. The highest BCUT2D eigenvalue weighted by Crippen LogP contribution is 2.31. The largest absolute Gasteiger partial charge is 0.497 e. The summed E-state index contributed by atoms with van der Waals surface area (Å²) in [5.74, 6) is 0.875. The maximum atomic E-state index is 5.13. The van der Waals surface area contributed by atoms with Gasteiger partial charge in [-0.1, -0.05) is 0 Å². The SMILES string of the molecule is COc1ccc(NC(C)c2sccc2Br)cc1. The van der Waals surface area contributed by atoms with Gasteiger partial charge in [0.1, 0.15) is 5.75 Å². The van der Waals surface area contributed by atoms with E-state index in [1.165, 1.54) is 4.88 Å². The molecule has 0 aliphatic carbocycles. The van der Waals surface area contributed by atoms with Crippen LogP contribution in [-0.4, -0.2) is 7.11 Å². The smallest absolute Gasteiger partial charge is 0.119 e. The van der Waals surface area contributed by atoms with Crippen molar-refractivity contribution in [3.8, 4) is 5.75 Å². The normalized spacial score (nSPS) is 12.2. The first-order chi connectivity index (χ1) is 8.20. The van der Waals surface area contributed by atoms with Crippen molar-refractivity contribution in [1.29, 1.82) is 0 Å². The minimum Gasteiger partial charge on any atom is -0.497 e. The van der Waals surface area contributed by atoms with Gasteiger partial charge in [-0.05, 0) is 58.6 Å². The van der Waals surface area contributed by atoms with E-state index >= 15 is 0 Å². The topological polar surface area (TPSA) is 21.3 Å². The number of hydrogen-bond acceptors (Lipinski definition) is 3. The summed E-state index contributed by atoms with van der Waals surface area (Å²) in [4.78, 5) is 1.31. The zero-order valence-corrected chi connectivity index (χ0v) is 12.1. The molecular weight excluding hydrogens is 298 g/mol. The van der Waals surface area contributed by atoms with E-state index < -0.39 is 0 Å². The van der Waals surface area contributed by atoms with Crippen LogP contribution in [0.15, 0.2) is 40.2 Å². The number of nitrogens with one attached hydrogen (secondary N) is 1. The summed E-state index contributed by atoms with van der Waals surface area (Å²) < 4.78 is 6.30. The zero-order chi connectivity index (χ0) is 12.3. The van der Waals surface area contributed by atoms with Gasteiger partial charge in [-0.2, -0.15) is 0 Å². The molecule has 17 heavy (non-hydrogen) atoms. The molecule has 0 saturated heterocycles. The van der Waals surface area contributed by atoms with Crippen molar-refractivity contribution in [2.45, 2.75) is 13.0 Å². The second-order valence-electron chi connectivity index (χ2n) is 3.73. The van der Waals surface area contributed by atoms with Gasteiger partial charge in [0.25, 0.3) is 0 Å². The van der Waals surface area contributed by atoms with E-state index in [0.717, 1.165) is 15.9 Å². The highest BCUT2D eigenvalue weighted by Gasteiger charge is 2.10. The molecule has 2 nitrogen and oxygen atoms in total. The van der Waals surface area contributed by atoms with Crippen LogP contribution < -0.4 is 10.1 Å². The fraction of sp³-hybridized carbons (Fsp3) is 0.231. The van der Waals surface area contributed by atoms with Crippen molar-refractivity contribution >= 4 is 33.0 Å². The Hall–Kier alpha value is -1.00. The van der Waals surface area contributed by atoms with E-state index in [-0.39, 0.29) is 6.04 Å². The minimum atomic E-state index is 0.290. The predicted octanol–water partition coefficient (Wildman–Crippen LogP) is 4.69. The highest BCUT2D eigenvalue weighted by molar-refractivity contribution is 9.10. The zero-order valence-electron chi connectivity index (χ0n) is 9.74. The fourth-order valence-electron chi connectivity index (χ4n) is 1.62. The van der Waals surface area contributed by atoms with Crippen LogP contribution >= 0.6 is 27.3 Å². The summed E-state index contributed by atoms with van der Waals surface area (Å²) in [6.45, 7) is 2.15. The molecule has 4 heteroatoms. The van der Waals surface area contributed by atoms with Crippen LogP contribution in [0.5, 0.6) is 5.75 Å². The van der Waals surface area contributed by atoms with Gasteiger partial charge in [0.05, 0.1) is 13.2 Å². The van der Waals surface area contributed by atoms with Crippen molar-refractivity contribution in [3.05, 3.63) is 45.1 Å². The molecule has 0 radical (unpaired) electrons. The molecule has 1 aromatic heterocycles. The van der Waals surface area contributed by atoms with E-state index in [1.807, 2.05) is 24.3 Å². The summed E-state index contributed by atoms with van der Waals surface area (Å²) in [6, 6.07) is 10.3. The summed E-state index contributed by atoms with van der Waals surface area (Å²) in [5, 5.41) is 5.55. The maximum absolute atomic E-state index is 5.13. The Bertz CT molecular complexity index is 480. The average Bonchev–Trinajstić information content (AvgIpc) is 2.76. The number of methoxy groups -OCH3 is 1. The lowest BCUT2D eigenvalue weighted by molar-refractivity contribution is 0.415. The van der Waals surface area contributed by atoms with E-state index in [1.54, 1.807) is 18.4 Å². The van der Waals surface area contributed by atoms with Gasteiger partial charge in [-0.3, -0.25) is 0 Å². The molecule has 1 N–H and O–H groups in total. The van der Waals surface area contributed by atoms with Gasteiger partial charge in [0.15, 0.2) is 0 Å². The maximum Gasteiger partial charge on any atom is 0.119 e. The first kappa shape index (κ1) is 12.5. The van der Waals surface area contributed by atoms with Crippen molar-refractivity contribution in [2.75, 3.05) is 12.4 Å². The number of benzene rings is 1. The van der Waals surface area contributed by atoms with Crippen LogP contribution in [0.4, 0.5) is 5.69 Å². The number of hydrogen-bond donors (Lipinski definition) is 1. The van der Waals surface area contributed by atoms with Crippen LogP contribution in [0.2, 0.25) is 0 Å². The number of halogens is 1. The van der Waals surface area contributed by atoms with Crippen molar-refractivity contribution < 1.29 is 4.74 Å². The van der Waals surface area contributed by atoms with Crippen molar-refractivity contribution in [3.63, 3.8) is 0 Å². The van der Waals surface area contributed by atoms with Crippen molar-refractivity contribution in [1.82, 2.24) is 0 Å². The van der Waals surface area contributed by atoms with Crippen LogP contribution in [0, 0.1) is 0 Å². The average molecular weight is 312 g/mol. The van der Waals surface area contributed by atoms with E-state index in [9.17, 15) is 0 Å². The van der Waals surface area contributed by atoms with Gasteiger partial charge in [0, 0.05) is 15.0 Å².